The number of rotatable bonds is 6. The fraction of sp³-hybridized carbons (Fsp3) is 0.526. The predicted molar refractivity (Wildman–Crippen MR) is 99.6 cm³/mol. The molecule has 2 fully saturated rings. The van der Waals surface area contributed by atoms with E-state index >= 15 is 0 Å². The summed E-state index contributed by atoms with van der Waals surface area (Å²) in [6.07, 6.45) is 2.64. The molecule has 0 bridgehead atoms. The molecular formula is C19H21Cl2NO5. The Kier molecular flexibility index (Phi) is 6.02. The number of ether oxygens (including phenoxy) is 4. The smallest absolute Gasteiger partial charge is 0.195 e. The van der Waals surface area contributed by atoms with Gasteiger partial charge in [-0.2, -0.15) is 0 Å². The highest BCUT2D eigenvalue weighted by atomic mass is 35.5. The maximum absolute atomic E-state index is 6.36. The van der Waals surface area contributed by atoms with Crippen LogP contribution in [-0.4, -0.2) is 31.0 Å². The average Bonchev–Trinajstić information content (AvgIpc) is 3.03. The minimum atomic E-state index is -0.561. The van der Waals surface area contributed by atoms with Crippen LogP contribution in [0, 0.1) is 0 Å². The maximum Gasteiger partial charge on any atom is 0.195 e. The summed E-state index contributed by atoms with van der Waals surface area (Å²) in [6, 6.07) is 5.30. The molecule has 2 aliphatic rings. The summed E-state index contributed by atoms with van der Waals surface area (Å²) in [6.45, 7) is 3.02. The van der Waals surface area contributed by atoms with Crippen molar-refractivity contribution in [2.75, 3.05) is 13.2 Å². The maximum atomic E-state index is 6.36. The SMILES string of the molecule is CC1OC(c2c(-c3c(Cl)cccc3Cl)noc2CCOC2CCCCO2)O1. The van der Waals surface area contributed by atoms with Crippen molar-refractivity contribution in [1.82, 2.24) is 5.16 Å². The van der Waals surface area contributed by atoms with Gasteiger partial charge in [0.2, 0.25) is 0 Å². The number of nitrogens with zero attached hydrogens (tertiary/aromatic N) is 1. The molecule has 0 amide bonds. The van der Waals surface area contributed by atoms with Crippen molar-refractivity contribution in [3.8, 4) is 11.3 Å². The molecule has 1 atom stereocenters. The Morgan fingerprint density at radius 2 is 1.96 bits per heavy atom. The van der Waals surface area contributed by atoms with Crippen LogP contribution in [0.4, 0.5) is 0 Å². The largest absolute Gasteiger partial charge is 0.360 e. The number of aromatic nitrogens is 1. The van der Waals surface area contributed by atoms with Gasteiger partial charge in [0.1, 0.15) is 11.5 Å². The van der Waals surface area contributed by atoms with E-state index in [2.05, 4.69) is 5.16 Å². The van der Waals surface area contributed by atoms with Gasteiger partial charge < -0.3 is 23.5 Å². The Morgan fingerprint density at radius 1 is 1.19 bits per heavy atom. The van der Waals surface area contributed by atoms with E-state index in [1.807, 2.05) is 6.92 Å². The van der Waals surface area contributed by atoms with Crippen LogP contribution in [0.5, 0.6) is 0 Å². The Labute approximate surface area is 167 Å². The van der Waals surface area contributed by atoms with Crippen LogP contribution in [-0.2, 0) is 25.4 Å². The molecule has 1 unspecified atom stereocenters. The molecule has 2 aliphatic heterocycles. The summed E-state index contributed by atoms with van der Waals surface area (Å²) in [5.74, 6) is 0.633. The van der Waals surface area contributed by atoms with Crippen molar-refractivity contribution in [2.24, 2.45) is 0 Å². The van der Waals surface area contributed by atoms with E-state index in [0.29, 0.717) is 45.7 Å². The zero-order valence-electron chi connectivity index (χ0n) is 15.0. The molecule has 0 saturated carbocycles. The standard InChI is InChI=1S/C19H21Cl2NO5/c1-11-25-19(26-11)17-14(8-10-24-15-7-2-3-9-23-15)27-22-18(17)16-12(20)5-4-6-13(16)21/h4-6,11,15,19H,2-3,7-10H2,1H3. The van der Waals surface area contributed by atoms with Crippen LogP contribution in [0.2, 0.25) is 10.0 Å². The van der Waals surface area contributed by atoms with E-state index in [4.69, 9.17) is 46.7 Å². The van der Waals surface area contributed by atoms with Gasteiger partial charge in [0.15, 0.2) is 18.9 Å². The van der Waals surface area contributed by atoms with Gasteiger partial charge in [-0.15, -0.1) is 0 Å². The molecular weight excluding hydrogens is 393 g/mol. The molecule has 0 radical (unpaired) electrons. The van der Waals surface area contributed by atoms with Gasteiger partial charge >= 0.3 is 0 Å². The summed E-state index contributed by atoms with van der Waals surface area (Å²) in [7, 11) is 0. The highest BCUT2D eigenvalue weighted by Gasteiger charge is 2.36. The van der Waals surface area contributed by atoms with Gasteiger partial charge in [-0.1, -0.05) is 34.4 Å². The fourth-order valence-corrected chi connectivity index (χ4v) is 3.86. The Balaban J connectivity index is 1.55. The van der Waals surface area contributed by atoms with Gasteiger partial charge in [0.05, 0.1) is 22.2 Å². The third kappa shape index (κ3) is 4.16. The molecule has 0 N–H and O–H groups in total. The quantitative estimate of drug-likeness (QED) is 0.654. The van der Waals surface area contributed by atoms with Crippen molar-refractivity contribution in [1.29, 1.82) is 0 Å². The molecule has 6 nitrogen and oxygen atoms in total. The van der Waals surface area contributed by atoms with E-state index in [1.165, 1.54) is 0 Å². The van der Waals surface area contributed by atoms with E-state index in [9.17, 15) is 0 Å². The second-order valence-electron chi connectivity index (χ2n) is 6.55. The lowest BCUT2D eigenvalue weighted by atomic mass is 10.0. The van der Waals surface area contributed by atoms with Crippen LogP contribution in [0.25, 0.3) is 11.3 Å². The molecule has 0 spiro atoms. The summed E-state index contributed by atoms with van der Waals surface area (Å²) in [5.41, 5.74) is 1.84. The normalized spacial score (nSPS) is 25.4. The van der Waals surface area contributed by atoms with Crippen molar-refractivity contribution >= 4 is 23.2 Å². The topological polar surface area (TPSA) is 63.0 Å². The summed E-state index contributed by atoms with van der Waals surface area (Å²) in [4.78, 5) is 0. The van der Waals surface area contributed by atoms with E-state index in [1.54, 1.807) is 18.2 Å². The van der Waals surface area contributed by atoms with Gasteiger partial charge in [-0.05, 0) is 38.3 Å². The highest BCUT2D eigenvalue weighted by Crippen LogP contribution is 2.43. The van der Waals surface area contributed by atoms with Crippen LogP contribution >= 0.6 is 23.2 Å². The second kappa shape index (κ2) is 8.47. The highest BCUT2D eigenvalue weighted by molar-refractivity contribution is 6.39. The molecule has 2 saturated heterocycles. The van der Waals surface area contributed by atoms with Crippen molar-refractivity contribution in [3.63, 3.8) is 0 Å². The molecule has 1 aromatic carbocycles. The Bertz CT molecular complexity index is 764. The first-order valence-electron chi connectivity index (χ1n) is 9.10. The number of benzene rings is 1. The first kappa shape index (κ1) is 19.2. The number of halogens is 2. The van der Waals surface area contributed by atoms with E-state index in [0.717, 1.165) is 25.9 Å². The molecule has 2 aromatic rings. The van der Waals surface area contributed by atoms with Gasteiger partial charge in [0, 0.05) is 18.6 Å². The van der Waals surface area contributed by atoms with Crippen LogP contribution in [0.1, 0.15) is 43.8 Å². The van der Waals surface area contributed by atoms with Crippen LogP contribution < -0.4 is 0 Å². The van der Waals surface area contributed by atoms with Gasteiger partial charge in [-0.25, -0.2) is 0 Å². The molecule has 3 heterocycles. The molecule has 0 aliphatic carbocycles. The monoisotopic (exact) mass is 413 g/mol. The lowest BCUT2D eigenvalue weighted by Crippen LogP contribution is -2.32. The zero-order valence-corrected chi connectivity index (χ0v) is 16.5. The summed E-state index contributed by atoms with van der Waals surface area (Å²) in [5, 5.41) is 5.19. The summed E-state index contributed by atoms with van der Waals surface area (Å²) >= 11 is 12.7. The third-order valence-electron chi connectivity index (χ3n) is 4.64. The number of hydrogen-bond acceptors (Lipinski definition) is 6. The third-order valence-corrected chi connectivity index (χ3v) is 5.27. The second-order valence-corrected chi connectivity index (χ2v) is 7.37. The van der Waals surface area contributed by atoms with Crippen molar-refractivity contribution < 1.29 is 23.5 Å². The molecule has 146 valence electrons. The first-order valence-corrected chi connectivity index (χ1v) is 9.86. The molecule has 8 heteroatoms. The lowest BCUT2D eigenvalue weighted by Gasteiger charge is -2.34. The Morgan fingerprint density at radius 3 is 2.63 bits per heavy atom. The van der Waals surface area contributed by atoms with Gasteiger partial charge in [0.25, 0.3) is 0 Å². The minimum Gasteiger partial charge on any atom is -0.360 e. The first-order chi connectivity index (χ1) is 13.1. The van der Waals surface area contributed by atoms with E-state index < -0.39 is 6.29 Å². The lowest BCUT2D eigenvalue weighted by molar-refractivity contribution is -0.382. The Hall–Kier alpha value is -1.15. The molecule has 1 aromatic heterocycles. The molecule has 4 rings (SSSR count). The minimum absolute atomic E-state index is 0.154. The summed E-state index contributed by atoms with van der Waals surface area (Å²) < 4.78 is 28.4. The average molecular weight is 414 g/mol. The number of hydrogen-bond donors (Lipinski definition) is 0. The van der Waals surface area contributed by atoms with Crippen molar-refractivity contribution in [2.45, 2.75) is 51.5 Å². The predicted octanol–water partition coefficient (Wildman–Crippen LogP) is 5.13. The van der Waals surface area contributed by atoms with Gasteiger partial charge in [-0.3, -0.25) is 0 Å². The molecule has 27 heavy (non-hydrogen) atoms. The van der Waals surface area contributed by atoms with Crippen molar-refractivity contribution in [3.05, 3.63) is 39.6 Å². The fourth-order valence-electron chi connectivity index (χ4n) is 3.28. The zero-order chi connectivity index (χ0) is 18.8. The van der Waals surface area contributed by atoms with E-state index in [-0.39, 0.29) is 12.6 Å². The van der Waals surface area contributed by atoms with Crippen LogP contribution in [0.15, 0.2) is 22.7 Å². The van der Waals surface area contributed by atoms with Crippen LogP contribution in [0.3, 0.4) is 0 Å².